The molecule has 4 amide bonds. The van der Waals surface area contributed by atoms with E-state index in [1.54, 1.807) is 0 Å². The molecular formula is C29H36F3N5O4. The van der Waals surface area contributed by atoms with Crippen LogP contribution >= 0.6 is 0 Å². The number of hydrogen-bond acceptors (Lipinski definition) is 5. The number of alkyl halides is 3. The Balaban J connectivity index is 1.52. The fraction of sp³-hybridized carbons (Fsp3) is 0.621. The van der Waals surface area contributed by atoms with E-state index >= 15 is 0 Å². The Morgan fingerprint density at radius 1 is 1.20 bits per heavy atom. The van der Waals surface area contributed by atoms with Crippen molar-refractivity contribution in [2.45, 2.75) is 78.7 Å². The number of amides is 4. The van der Waals surface area contributed by atoms with E-state index in [0.717, 1.165) is 11.1 Å². The van der Waals surface area contributed by atoms with Crippen molar-refractivity contribution < 1.29 is 32.3 Å². The lowest BCUT2D eigenvalue weighted by molar-refractivity contribution is -0.176. The van der Waals surface area contributed by atoms with Crippen LogP contribution in [0.1, 0.15) is 52.2 Å². The average molecular weight is 576 g/mol. The number of halogens is 3. The fourth-order valence-electron chi connectivity index (χ4n) is 6.32. The summed E-state index contributed by atoms with van der Waals surface area (Å²) in [5.74, 6) is -4.78. The second-order valence-electron chi connectivity index (χ2n) is 13.1. The standard InChI is InChI=1S/C29H36F3N5O4/c1-14-7-8-19-15(9-14)10-16(23(38)35-19)11-17(12-33)34-24(39)21-20-18(28(20,5)6)13-37(21)25(40)22(27(2,3)4)36-26(41)29(30,31)32/h7-9,16-18,20-22H,10-11,13H2,1-6H3,(H,34,39)(H,35,38)(H,36,41)/t16?,17-,18-,20-,21-,22+/m0/s1. The molecule has 0 bridgehead atoms. The lowest BCUT2D eigenvalue weighted by atomic mass is 9.85. The predicted molar refractivity (Wildman–Crippen MR) is 143 cm³/mol. The van der Waals surface area contributed by atoms with Crippen LogP contribution in [0.2, 0.25) is 0 Å². The third kappa shape index (κ3) is 5.90. The fourth-order valence-corrected chi connectivity index (χ4v) is 6.32. The van der Waals surface area contributed by atoms with Gasteiger partial charge >= 0.3 is 12.1 Å². The molecule has 4 rings (SSSR count). The van der Waals surface area contributed by atoms with Gasteiger partial charge in [-0.1, -0.05) is 52.3 Å². The summed E-state index contributed by atoms with van der Waals surface area (Å²) in [4.78, 5) is 53.1. The van der Waals surface area contributed by atoms with Gasteiger partial charge in [-0.25, -0.2) is 0 Å². The number of nitrogens with one attached hydrogen (secondary N) is 3. The number of piperidine rings is 1. The smallest absolute Gasteiger partial charge is 0.339 e. The van der Waals surface area contributed by atoms with Gasteiger partial charge in [0, 0.05) is 18.2 Å². The van der Waals surface area contributed by atoms with E-state index in [1.165, 1.54) is 25.7 Å². The summed E-state index contributed by atoms with van der Waals surface area (Å²) in [6.45, 7) is 10.6. The molecule has 1 aliphatic carbocycles. The third-order valence-electron chi connectivity index (χ3n) is 8.75. The van der Waals surface area contributed by atoms with Crippen molar-refractivity contribution in [1.82, 2.24) is 15.5 Å². The van der Waals surface area contributed by atoms with Crippen LogP contribution in [0.5, 0.6) is 0 Å². The molecule has 0 aromatic heterocycles. The first-order valence-corrected chi connectivity index (χ1v) is 13.6. The van der Waals surface area contributed by atoms with Gasteiger partial charge in [-0.3, -0.25) is 19.2 Å². The SMILES string of the molecule is Cc1ccc2c(c1)CC(C[C@@H](C#N)NC(=O)[C@@H]1[C@@H]3[C@H](CN1C(=O)[C@@H](NC(=O)C(F)(F)F)C(C)(C)C)C3(C)C)C(=O)N2. The van der Waals surface area contributed by atoms with E-state index in [-0.39, 0.29) is 36.1 Å². The van der Waals surface area contributed by atoms with E-state index in [2.05, 4.69) is 10.6 Å². The van der Waals surface area contributed by atoms with Crippen LogP contribution in [0.15, 0.2) is 18.2 Å². The van der Waals surface area contributed by atoms with Crippen molar-refractivity contribution in [2.24, 2.45) is 28.6 Å². The number of carbonyl (C=O) groups is 4. The molecule has 1 saturated heterocycles. The number of carbonyl (C=O) groups excluding carboxylic acids is 4. The molecular weight excluding hydrogens is 539 g/mol. The first-order chi connectivity index (χ1) is 18.9. The normalized spacial score (nSPS) is 26.0. The Hall–Kier alpha value is -3.62. The topological polar surface area (TPSA) is 131 Å². The Morgan fingerprint density at radius 3 is 2.44 bits per heavy atom. The third-order valence-corrected chi connectivity index (χ3v) is 8.75. The Labute approximate surface area is 237 Å². The van der Waals surface area contributed by atoms with Gasteiger partial charge in [0.25, 0.3) is 0 Å². The van der Waals surface area contributed by atoms with Crippen LogP contribution in [0.3, 0.4) is 0 Å². The number of nitrogens with zero attached hydrogens (tertiary/aromatic N) is 2. The summed E-state index contributed by atoms with van der Waals surface area (Å²) in [5, 5.41) is 17.2. The number of aryl methyl sites for hydroxylation is 1. The number of rotatable bonds is 6. The van der Waals surface area contributed by atoms with E-state index in [1.807, 2.05) is 50.4 Å². The number of nitriles is 1. The number of anilines is 1. The maximum atomic E-state index is 13.7. The minimum absolute atomic E-state index is 0.0475. The Bertz CT molecular complexity index is 1310. The van der Waals surface area contributed by atoms with Crippen LogP contribution in [-0.4, -0.2) is 59.4 Å². The molecule has 3 aliphatic rings. The van der Waals surface area contributed by atoms with Gasteiger partial charge in [0.15, 0.2) is 0 Å². The van der Waals surface area contributed by atoms with Gasteiger partial charge in [0.05, 0.1) is 6.07 Å². The van der Waals surface area contributed by atoms with Crippen LogP contribution in [-0.2, 0) is 25.6 Å². The van der Waals surface area contributed by atoms with E-state index in [9.17, 15) is 37.6 Å². The van der Waals surface area contributed by atoms with Crippen molar-refractivity contribution in [2.75, 3.05) is 11.9 Å². The first kappa shape index (κ1) is 30.3. The van der Waals surface area contributed by atoms with Gasteiger partial charge in [0.1, 0.15) is 18.1 Å². The van der Waals surface area contributed by atoms with Gasteiger partial charge < -0.3 is 20.9 Å². The second-order valence-corrected chi connectivity index (χ2v) is 13.1. The van der Waals surface area contributed by atoms with Gasteiger partial charge in [-0.2, -0.15) is 18.4 Å². The van der Waals surface area contributed by atoms with Crippen molar-refractivity contribution in [1.29, 1.82) is 5.26 Å². The molecule has 2 heterocycles. The van der Waals surface area contributed by atoms with Crippen molar-refractivity contribution in [3.05, 3.63) is 29.3 Å². The molecule has 2 aliphatic heterocycles. The highest BCUT2D eigenvalue weighted by Gasteiger charge is 2.70. The lowest BCUT2D eigenvalue weighted by Crippen LogP contribution is -2.61. The van der Waals surface area contributed by atoms with Gasteiger partial charge in [0.2, 0.25) is 17.7 Å². The molecule has 6 atom stereocenters. The Kier molecular flexibility index (Phi) is 7.65. The molecule has 3 N–H and O–H groups in total. The van der Waals surface area contributed by atoms with E-state index in [0.29, 0.717) is 12.1 Å². The zero-order valence-electron chi connectivity index (χ0n) is 24.0. The highest BCUT2D eigenvalue weighted by atomic mass is 19.4. The molecule has 9 nitrogen and oxygen atoms in total. The van der Waals surface area contributed by atoms with Crippen LogP contribution in [0, 0.1) is 46.8 Å². The zero-order chi connectivity index (χ0) is 30.7. The van der Waals surface area contributed by atoms with Crippen molar-refractivity contribution in [3.8, 4) is 6.07 Å². The number of likely N-dealkylation sites (tertiary alicyclic amines) is 1. The summed E-state index contributed by atoms with van der Waals surface area (Å²) < 4.78 is 39.2. The van der Waals surface area contributed by atoms with E-state index in [4.69, 9.17) is 0 Å². The molecule has 1 saturated carbocycles. The minimum atomic E-state index is -5.18. The molecule has 2 fully saturated rings. The summed E-state index contributed by atoms with van der Waals surface area (Å²) in [6, 6.07) is 4.11. The number of hydrogen-bond donors (Lipinski definition) is 3. The molecule has 41 heavy (non-hydrogen) atoms. The number of fused-ring (bicyclic) bond motifs is 2. The zero-order valence-corrected chi connectivity index (χ0v) is 24.0. The quantitative estimate of drug-likeness (QED) is 0.480. The predicted octanol–water partition coefficient (Wildman–Crippen LogP) is 3.08. The molecule has 12 heteroatoms. The van der Waals surface area contributed by atoms with Gasteiger partial charge in [-0.15, -0.1) is 0 Å². The maximum absolute atomic E-state index is 13.7. The van der Waals surface area contributed by atoms with E-state index < -0.39 is 53.4 Å². The van der Waals surface area contributed by atoms with Crippen LogP contribution < -0.4 is 16.0 Å². The molecule has 0 spiro atoms. The summed E-state index contributed by atoms with van der Waals surface area (Å²) >= 11 is 0. The molecule has 1 aromatic rings. The molecule has 1 unspecified atom stereocenters. The monoisotopic (exact) mass is 575 g/mol. The van der Waals surface area contributed by atoms with Crippen molar-refractivity contribution in [3.63, 3.8) is 0 Å². The minimum Gasteiger partial charge on any atom is -0.339 e. The van der Waals surface area contributed by atoms with Crippen LogP contribution in [0.4, 0.5) is 18.9 Å². The van der Waals surface area contributed by atoms with Crippen molar-refractivity contribution >= 4 is 29.3 Å². The summed E-state index contributed by atoms with van der Waals surface area (Å²) in [5.41, 5.74) is 1.29. The lowest BCUT2D eigenvalue weighted by Gasteiger charge is -2.38. The summed E-state index contributed by atoms with van der Waals surface area (Å²) in [6.07, 6.45) is -4.74. The molecule has 0 radical (unpaired) electrons. The maximum Gasteiger partial charge on any atom is 0.471 e. The summed E-state index contributed by atoms with van der Waals surface area (Å²) in [7, 11) is 0. The highest BCUT2D eigenvalue weighted by molar-refractivity contribution is 5.96. The van der Waals surface area contributed by atoms with Gasteiger partial charge in [-0.05, 0) is 54.1 Å². The van der Waals surface area contributed by atoms with Crippen LogP contribution in [0.25, 0.3) is 0 Å². The first-order valence-electron chi connectivity index (χ1n) is 13.6. The Morgan fingerprint density at radius 2 is 1.85 bits per heavy atom. The second kappa shape index (κ2) is 10.3. The highest BCUT2D eigenvalue weighted by Crippen LogP contribution is 2.65. The average Bonchev–Trinajstić information content (AvgIpc) is 3.19. The molecule has 1 aromatic carbocycles. The molecule has 222 valence electrons. The largest absolute Gasteiger partial charge is 0.471 e. The number of benzene rings is 1.